The largest absolute Gasteiger partial charge is 0.497 e. The van der Waals surface area contributed by atoms with Gasteiger partial charge in [0, 0.05) is 38.1 Å². The molecule has 0 saturated carbocycles. The molecule has 0 saturated heterocycles. The molecule has 3 aromatic rings. The molecule has 11 heteroatoms. The van der Waals surface area contributed by atoms with Crippen molar-refractivity contribution >= 4 is 23.5 Å². The summed E-state index contributed by atoms with van der Waals surface area (Å²) in [6.07, 6.45) is 4.79. The van der Waals surface area contributed by atoms with E-state index < -0.39 is 0 Å². The van der Waals surface area contributed by atoms with Crippen molar-refractivity contribution in [3.8, 4) is 11.9 Å². The number of nitriles is 1. The van der Waals surface area contributed by atoms with Gasteiger partial charge in [-0.1, -0.05) is 18.2 Å². The van der Waals surface area contributed by atoms with Crippen molar-refractivity contribution in [2.45, 2.75) is 25.3 Å². The number of ether oxygens (including phenoxy) is 1. The highest BCUT2D eigenvalue weighted by atomic mass is 32.2. The minimum absolute atomic E-state index is 0.271. The first-order chi connectivity index (χ1) is 20.4. The summed E-state index contributed by atoms with van der Waals surface area (Å²) >= 11 is 1.74. The van der Waals surface area contributed by atoms with Crippen LogP contribution in [0.25, 0.3) is 0 Å². The minimum Gasteiger partial charge on any atom is -0.497 e. The molecule has 0 amide bonds. The van der Waals surface area contributed by atoms with E-state index in [1.807, 2.05) is 62.8 Å². The van der Waals surface area contributed by atoms with Gasteiger partial charge in [-0.3, -0.25) is 4.99 Å². The van der Waals surface area contributed by atoms with Crippen LogP contribution in [0.5, 0.6) is 5.75 Å². The molecular weight excluding hydrogens is 548 g/mol. The Balaban J connectivity index is 1.38. The summed E-state index contributed by atoms with van der Waals surface area (Å²) in [6.45, 7) is 5.13. The van der Waals surface area contributed by atoms with Gasteiger partial charge in [0.2, 0.25) is 5.96 Å². The molecule has 10 nitrogen and oxygen atoms in total. The van der Waals surface area contributed by atoms with Crippen LogP contribution in [-0.2, 0) is 18.8 Å². The van der Waals surface area contributed by atoms with E-state index in [0.29, 0.717) is 13.1 Å². The zero-order valence-electron chi connectivity index (χ0n) is 25.3. The maximum atomic E-state index is 9.61. The number of aromatic nitrogens is 1. The van der Waals surface area contributed by atoms with Crippen molar-refractivity contribution in [2.75, 3.05) is 71.6 Å². The topological polar surface area (TPSA) is 110 Å². The highest BCUT2D eigenvalue weighted by Gasteiger charge is 2.12. The molecule has 0 aliphatic carbocycles. The molecule has 0 spiro atoms. The van der Waals surface area contributed by atoms with Gasteiger partial charge in [-0.15, -0.1) is 0 Å². The lowest BCUT2D eigenvalue weighted by Crippen LogP contribution is -2.37. The summed E-state index contributed by atoms with van der Waals surface area (Å²) in [4.78, 5) is 17.1. The van der Waals surface area contributed by atoms with Crippen LogP contribution in [-0.4, -0.2) is 92.4 Å². The first-order valence-electron chi connectivity index (χ1n) is 14.1. The number of benzene rings is 1. The second-order valence-electron chi connectivity index (χ2n) is 10.3. The normalized spacial score (nSPS) is 11.6. The fourth-order valence-electron chi connectivity index (χ4n) is 4.26. The fraction of sp³-hybridized carbons (Fsp3) is 0.452. The molecule has 3 rings (SSSR count). The van der Waals surface area contributed by atoms with Crippen LogP contribution in [0.1, 0.15) is 23.5 Å². The zero-order valence-corrected chi connectivity index (χ0v) is 26.1. The van der Waals surface area contributed by atoms with E-state index in [0.717, 1.165) is 73.7 Å². The second kappa shape index (κ2) is 18.0. The highest BCUT2D eigenvalue weighted by molar-refractivity contribution is 7.98. The van der Waals surface area contributed by atoms with Crippen LogP contribution in [0, 0.1) is 11.5 Å². The number of aliphatic imine (C=N–C) groups is 1. The number of likely N-dealkylation sites (N-methyl/N-ethyl adjacent to an activating group) is 1. The van der Waals surface area contributed by atoms with E-state index in [1.165, 1.54) is 10.5 Å². The Bertz CT molecular complexity index is 1240. The van der Waals surface area contributed by atoms with Gasteiger partial charge < -0.3 is 29.6 Å². The Kier molecular flexibility index (Phi) is 14.0. The predicted octanol–water partition coefficient (Wildman–Crippen LogP) is 4.10. The van der Waals surface area contributed by atoms with Crippen molar-refractivity contribution in [3.05, 3.63) is 77.9 Å². The van der Waals surface area contributed by atoms with Gasteiger partial charge in [0.25, 0.3) is 0 Å². The fourth-order valence-corrected chi connectivity index (χ4v) is 4.98. The summed E-state index contributed by atoms with van der Waals surface area (Å²) in [5.74, 6) is 5.57. The Morgan fingerprint density at radius 3 is 2.48 bits per heavy atom. The van der Waals surface area contributed by atoms with Crippen LogP contribution < -0.4 is 15.4 Å². The maximum absolute atomic E-state index is 9.61. The molecule has 226 valence electrons. The molecule has 0 radical (unpaired) electrons. The molecule has 0 fully saturated rings. The van der Waals surface area contributed by atoms with Crippen molar-refractivity contribution < 1.29 is 9.15 Å². The first-order valence-corrected chi connectivity index (χ1v) is 15.3. The number of rotatable bonds is 18. The third-order valence-corrected chi connectivity index (χ3v) is 7.48. The van der Waals surface area contributed by atoms with E-state index in [1.54, 1.807) is 18.9 Å². The quantitative estimate of drug-likeness (QED) is 0.0762. The Morgan fingerprint density at radius 2 is 1.79 bits per heavy atom. The van der Waals surface area contributed by atoms with Gasteiger partial charge in [-0.05, 0) is 76.1 Å². The lowest BCUT2D eigenvalue weighted by molar-refractivity contribution is 0.323. The molecule has 2 aromatic heterocycles. The van der Waals surface area contributed by atoms with E-state index in [-0.39, 0.29) is 5.96 Å². The number of pyridine rings is 1. The molecule has 0 aliphatic heterocycles. The summed E-state index contributed by atoms with van der Waals surface area (Å²) in [7, 11) is 7.81. The molecule has 0 bridgehead atoms. The smallest absolute Gasteiger partial charge is 0.204 e. The van der Waals surface area contributed by atoms with Crippen molar-refractivity contribution in [1.29, 1.82) is 5.26 Å². The monoisotopic (exact) mass is 592 g/mol. The van der Waals surface area contributed by atoms with Gasteiger partial charge in [0.1, 0.15) is 23.1 Å². The highest BCUT2D eigenvalue weighted by Crippen LogP contribution is 2.18. The molecule has 1 aromatic carbocycles. The number of nitrogens with zero attached hydrogens (tertiary/aromatic N) is 7. The Hall–Kier alpha value is -3.72. The average Bonchev–Trinajstić information content (AvgIpc) is 3.44. The van der Waals surface area contributed by atoms with Crippen molar-refractivity contribution in [2.24, 2.45) is 10.7 Å². The van der Waals surface area contributed by atoms with E-state index >= 15 is 0 Å². The van der Waals surface area contributed by atoms with Crippen molar-refractivity contribution in [3.63, 3.8) is 0 Å². The standard InChI is InChI=1S/C31H44N8O2S/c1-36(2)23-28-13-14-29(41-28)24-42-21-16-35-31(33)39(25-32)18-7-17-37(3)19-20-38(30-8-5-6-15-34-30)22-26-9-11-27(40-4)12-10-26/h5-6,8-15H,7,16-24H2,1-4H3,(H2,33,35). The number of thioether (sulfide) groups is 1. The van der Waals surface area contributed by atoms with Gasteiger partial charge in [-0.25, -0.2) is 9.88 Å². The number of hydrogen-bond acceptors (Lipinski definition) is 9. The molecule has 42 heavy (non-hydrogen) atoms. The predicted molar refractivity (Wildman–Crippen MR) is 171 cm³/mol. The summed E-state index contributed by atoms with van der Waals surface area (Å²) in [5.41, 5.74) is 7.32. The third kappa shape index (κ3) is 11.6. The first kappa shape index (κ1) is 32.8. The van der Waals surface area contributed by atoms with Crippen LogP contribution in [0.3, 0.4) is 0 Å². The zero-order chi connectivity index (χ0) is 30.2. The molecule has 2 N–H and O–H groups in total. The van der Waals surface area contributed by atoms with Gasteiger partial charge >= 0.3 is 0 Å². The number of hydrogen-bond donors (Lipinski definition) is 1. The van der Waals surface area contributed by atoms with Gasteiger partial charge in [0.15, 0.2) is 6.19 Å². The average molecular weight is 593 g/mol. The Labute approximate surface area is 254 Å². The third-order valence-electron chi connectivity index (χ3n) is 6.52. The van der Waals surface area contributed by atoms with E-state index in [4.69, 9.17) is 14.9 Å². The lowest BCUT2D eigenvalue weighted by Gasteiger charge is -2.27. The number of anilines is 1. The van der Waals surface area contributed by atoms with E-state index in [2.05, 4.69) is 50.0 Å². The summed E-state index contributed by atoms with van der Waals surface area (Å²) < 4.78 is 11.1. The van der Waals surface area contributed by atoms with Crippen molar-refractivity contribution in [1.82, 2.24) is 19.7 Å². The van der Waals surface area contributed by atoms with Gasteiger partial charge in [0.05, 0.1) is 26.0 Å². The molecule has 0 unspecified atom stereocenters. The molecular formula is C31H44N8O2S. The SMILES string of the molecule is COc1ccc(CN(CCN(C)CCCN(C#N)C(N)=NCCSCc2ccc(CN(C)C)o2)c2ccccn2)cc1. The lowest BCUT2D eigenvalue weighted by atomic mass is 10.2. The molecule has 0 atom stereocenters. The van der Waals surface area contributed by atoms with Crippen LogP contribution in [0.2, 0.25) is 0 Å². The molecule has 0 aliphatic rings. The number of nitrogens with two attached hydrogens (primary N) is 1. The van der Waals surface area contributed by atoms with E-state index in [9.17, 15) is 5.26 Å². The number of guanidine groups is 1. The maximum Gasteiger partial charge on any atom is 0.204 e. The van der Waals surface area contributed by atoms with Gasteiger partial charge in [-0.2, -0.15) is 17.0 Å². The molecule has 2 heterocycles. The second-order valence-corrected chi connectivity index (χ2v) is 11.4. The minimum atomic E-state index is 0.271. The Morgan fingerprint density at radius 1 is 1.00 bits per heavy atom. The van der Waals surface area contributed by atoms with Crippen LogP contribution in [0.4, 0.5) is 5.82 Å². The summed E-state index contributed by atoms with van der Waals surface area (Å²) in [6, 6.07) is 18.1. The number of methoxy groups -OCH3 is 1. The van der Waals surface area contributed by atoms with Crippen LogP contribution in [0.15, 0.2) is 70.2 Å². The number of furan rings is 1. The van der Waals surface area contributed by atoms with Crippen LogP contribution >= 0.6 is 11.8 Å². The summed E-state index contributed by atoms with van der Waals surface area (Å²) in [5, 5.41) is 9.61.